The molecule has 0 saturated heterocycles. The number of aryl methyl sites for hydroxylation is 1. The number of rotatable bonds is 4. The van der Waals surface area contributed by atoms with Gasteiger partial charge in [-0.1, -0.05) is 54.1 Å². The Hall–Kier alpha value is -2.89. The molecule has 0 bridgehead atoms. The Morgan fingerprint density at radius 1 is 0.931 bits per heavy atom. The van der Waals surface area contributed by atoms with Crippen molar-refractivity contribution in [2.24, 2.45) is 5.10 Å². The summed E-state index contributed by atoms with van der Waals surface area (Å²) in [6, 6.07) is 24.4. The molecule has 1 unspecified atom stereocenters. The molecule has 4 aromatic rings. The maximum absolute atomic E-state index is 6.90. The van der Waals surface area contributed by atoms with E-state index in [9.17, 15) is 0 Å². The van der Waals surface area contributed by atoms with Crippen LogP contribution >= 0.6 is 22.9 Å². The smallest absolute Gasteiger partial charge is 0.138 e. The molecule has 2 aromatic carbocycles. The summed E-state index contributed by atoms with van der Waals surface area (Å²) in [5.41, 5.74) is 5.03. The van der Waals surface area contributed by atoms with Crippen LogP contribution in [0.3, 0.4) is 0 Å². The number of hydrazone groups is 1. The Morgan fingerprint density at radius 2 is 1.62 bits per heavy atom. The summed E-state index contributed by atoms with van der Waals surface area (Å²) in [6.45, 7) is 2.02. The lowest BCUT2D eigenvalue weighted by Gasteiger charge is -2.23. The summed E-state index contributed by atoms with van der Waals surface area (Å²) in [6.07, 6.45) is 0.788. The van der Waals surface area contributed by atoms with E-state index in [-0.39, 0.29) is 6.04 Å². The predicted molar refractivity (Wildman–Crippen MR) is 120 cm³/mol. The minimum absolute atomic E-state index is 0.000498. The van der Waals surface area contributed by atoms with Crippen LogP contribution in [0.4, 0.5) is 5.69 Å². The molecule has 0 radical (unpaired) electrons. The third kappa shape index (κ3) is 3.26. The van der Waals surface area contributed by atoms with Crippen molar-refractivity contribution in [3.8, 4) is 5.69 Å². The van der Waals surface area contributed by atoms with E-state index in [0.29, 0.717) is 5.15 Å². The second-order valence-electron chi connectivity index (χ2n) is 6.96. The zero-order valence-electron chi connectivity index (χ0n) is 15.9. The first-order chi connectivity index (χ1) is 14.2. The Bertz CT molecular complexity index is 1150. The largest absolute Gasteiger partial charge is 0.257 e. The van der Waals surface area contributed by atoms with Gasteiger partial charge >= 0.3 is 0 Å². The van der Waals surface area contributed by atoms with Crippen molar-refractivity contribution in [2.45, 2.75) is 19.4 Å². The highest BCUT2D eigenvalue weighted by molar-refractivity contribution is 7.12. The summed E-state index contributed by atoms with van der Waals surface area (Å²) in [5.74, 6) is 0. The van der Waals surface area contributed by atoms with Crippen molar-refractivity contribution in [2.75, 3.05) is 5.01 Å². The van der Waals surface area contributed by atoms with Gasteiger partial charge in [0, 0.05) is 12.0 Å². The molecule has 2 aromatic heterocycles. The highest BCUT2D eigenvalue weighted by Gasteiger charge is 2.35. The molecule has 0 amide bonds. The highest BCUT2D eigenvalue weighted by atomic mass is 35.5. The third-order valence-electron chi connectivity index (χ3n) is 5.12. The van der Waals surface area contributed by atoms with Crippen molar-refractivity contribution < 1.29 is 0 Å². The molecule has 29 heavy (non-hydrogen) atoms. The van der Waals surface area contributed by atoms with Gasteiger partial charge in [-0.2, -0.15) is 10.2 Å². The van der Waals surface area contributed by atoms with E-state index in [1.54, 1.807) is 11.3 Å². The summed E-state index contributed by atoms with van der Waals surface area (Å²) >= 11 is 8.61. The fourth-order valence-electron chi connectivity index (χ4n) is 3.78. The molecule has 144 valence electrons. The summed E-state index contributed by atoms with van der Waals surface area (Å²) in [5, 5.41) is 14.5. The molecule has 4 nitrogen and oxygen atoms in total. The van der Waals surface area contributed by atoms with Crippen LogP contribution in [0.5, 0.6) is 0 Å². The molecular weight excluding hydrogens is 400 g/mol. The third-order valence-corrected chi connectivity index (χ3v) is 6.40. The van der Waals surface area contributed by atoms with Crippen molar-refractivity contribution in [3.05, 3.63) is 99.5 Å². The van der Waals surface area contributed by atoms with Crippen LogP contribution in [-0.4, -0.2) is 15.5 Å². The molecule has 5 rings (SSSR count). The monoisotopic (exact) mass is 418 g/mol. The molecule has 3 heterocycles. The van der Waals surface area contributed by atoms with Gasteiger partial charge in [-0.15, -0.1) is 11.3 Å². The maximum Gasteiger partial charge on any atom is 0.138 e. The van der Waals surface area contributed by atoms with Gasteiger partial charge < -0.3 is 0 Å². The van der Waals surface area contributed by atoms with E-state index in [4.69, 9.17) is 21.8 Å². The number of hydrogen-bond donors (Lipinski definition) is 0. The number of para-hydroxylation sites is 2. The first-order valence-electron chi connectivity index (χ1n) is 9.48. The molecule has 1 aliphatic rings. The van der Waals surface area contributed by atoms with Crippen molar-refractivity contribution in [1.29, 1.82) is 0 Å². The van der Waals surface area contributed by atoms with Gasteiger partial charge in [-0.25, -0.2) is 4.68 Å². The molecule has 1 aliphatic heterocycles. The van der Waals surface area contributed by atoms with E-state index < -0.39 is 0 Å². The highest BCUT2D eigenvalue weighted by Crippen LogP contribution is 2.41. The van der Waals surface area contributed by atoms with Crippen LogP contribution in [0.15, 0.2) is 83.3 Å². The molecule has 6 heteroatoms. The lowest BCUT2D eigenvalue weighted by Crippen LogP contribution is -2.19. The second-order valence-corrected chi connectivity index (χ2v) is 8.27. The topological polar surface area (TPSA) is 33.4 Å². The summed E-state index contributed by atoms with van der Waals surface area (Å²) in [4.78, 5) is 1.19. The van der Waals surface area contributed by atoms with Gasteiger partial charge in [0.15, 0.2) is 0 Å². The number of benzene rings is 2. The first-order valence-corrected chi connectivity index (χ1v) is 10.7. The predicted octanol–water partition coefficient (Wildman–Crippen LogP) is 6.25. The van der Waals surface area contributed by atoms with Gasteiger partial charge in [0.2, 0.25) is 0 Å². The number of aromatic nitrogens is 2. The standard InChI is InChI=1S/C23H19ClN4S/c1-16-22(23(24)28(25-16)18-11-6-3-7-12-18)20-15-19(21-13-8-14-29-21)26-27(20)17-9-4-2-5-10-17/h2-14,20H,15H2,1H3. The number of nitrogens with zero attached hydrogens (tertiary/aromatic N) is 4. The number of halogens is 1. The Kier molecular flexibility index (Phi) is 4.70. The van der Waals surface area contributed by atoms with Gasteiger partial charge in [0.05, 0.1) is 33.7 Å². The first kappa shape index (κ1) is 18.2. The van der Waals surface area contributed by atoms with E-state index in [0.717, 1.165) is 34.8 Å². The zero-order chi connectivity index (χ0) is 19.8. The molecule has 0 N–H and O–H groups in total. The lowest BCUT2D eigenvalue weighted by molar-refractivity contribution is 0.704. The van der Waals surface area contributed by atoms with Gasteiger partial charge in [-0.05, 0) is 42.6 Å². The SMILES string of the molecule is Cc1nn(-c2ccccc2)c(Cl)c1C1CC(c2cccs2)=NN1c1ccccc1. The normalized spacial score (nSPS) is 16.3. The Morgan fingerprint density at radius 3 is 2.28 bits per heavy atom. The van der Waals surface area contributed by atoms with Crippen molar-refractivity contribution >= 4 is 34.3 Å². The van der Waals surface area contributed by atoms with E-state index >= 15 is 0 Å². The van der Waals surface area contributed by atoms with Gasteiger partial charge in [0.1, 0.15) is 5.15 Å². The van der Waals surface area contributed by atoms with E-state index in [2.05, 4.69) is 34.7 Å². The molecule has 0 fully saturated rings. The number of hydrogen-bond acceptors (Lipinski definition) is 4. The molecule has 0 spiro atoms. The van der Waals surface area contributed by atoms with Gasteiger partial charge in [0.25, 0.3) is 0 Å². The van der Waals surface area contributed by atoms with Crippen LogP contribution in [0.1, 0.15) is 28.6 Å². The minimum Gasteiger partial charge on any atom is -0.257 e. The van der Waals surface area contributed by atoms with Crippen LogP contribution in [0.2, 0.25) is 5.15 Å². The molecule has 0 aliphatic carbocycles. The zero-order valence-corrected chi connectivity index (χ0v) is 17.4. The van der Waals surface area contributed by atoms with Gasteiger partial charge in [-0.3, -0.25) is 5.01 Å². The van der Waals surface area contributed by atoms with E-state index in [1.807, 2.05) is 60.1 Å². The average molecular weight is 419 g/mol. The fraction of sp³-hybridized carbons (Fsp3) is 0.130. The Balaban J connectivity index is 1.60. The minimum atomic E-state index is -0.000498. The van der Waals surface area contributed by atoms with Crippen molar-refractivity contribution in [1.82, 2.24) is 9.78 Å². The summed E-state index contributed by atoms with van der Waals surface area (Å²) in [7, 11) is 0. The number of thiophene rings is 1. The van der Waals surface area contributed by atoms with Crippen molar-refractivity contribution in [3.63, 3.8) is 0 Å². The second kappa shape index (κ2) is 7.50. The van der Waals surface area contributed by atoms with Crippen LogP contribution < -0.4 is 5.01 Å². The maximum atomic E-state index is 6.90. The average Bonchev–Trinajstić information content (AvgIpc) is 3.48. The van der Waals surface area contributed by atoms with Crippen LogP contribution in [-0.2, 0) is 0 Å². The van der Waals surface area contributed by atoms with E-state index in [1.165, 1.54) is 4.88 Å². The fourth-order valence-corrected chi connectivity index (χ4v) is 4.89. The van der Waals surface area contributed by atoms with Crippen LogP contribution in [0.25, 0.3) is 5.69 Å². The molecule has 0 saturated carbocycles. The molecule has 1 atom stereocenters. The quantitative estimate of drug-likeness (QED) is 0.392. The lowest BCUT2D eigenvalue weighted by atomic mass is 10.0. The van der Waals surface area contributed by atoms with Crippen LogP contribution in [0, 0.1) is 6.92 Å². The molecular formula is C23H19ClN4S. The number of anilines is 1. The Labute approximate surface area is 178 Å². The summed E-state index contributed by atoms with van der Waals surface area (Å²) < 4.78 is 1.82.